The Balaban J connectivity index is 1.74. The van der Waals surface area contributed by atoms with E-state index < -0.39 is 23.2 Å². The van der Waals surface area contributed by atoms with E-state index in [4.69, 9.17) is 0 Å². The summed E-state index contributed by atoms with van der Waals surface area (Å²) >= 11 is 0. The Morgan fingerprint density at radius 2 is 1.88 bits per heavy atom. The molecule has 11 heteroatoms. The van der Waals surface area contributed by atoms with Crippen LogP contribution in [-0.4, -0.2) is 39.7 Å². The molecule has 7 nitrogen and oxygen atoms in total. The fourth-order valence-corrected chi connectivity index (χ4v) is 4.38. The van der Waals surface area contributed by atoms with Crippen LogP contribution in [0.25, 0.3) is 11.0 Å². The third kappa shape index (κ3) is 4.04. The number of fused-ring (bicyclic) bond motifs is 1. The maximum atomic E-state index is 14.3. The molecular weight excluding hydrogens is 452 g/mol. The molecule has 1 aliphatic rings. The molecule has 0 spiro atoms. The first kappa shape index (κ1) is 23.5. The number of hydrogen-bond donors (Lipinski definition) is 0. The standard InChI is InChI=1S/C23H22F4N6O/c1-4-15-12-32(21-20-19(31(3)22(34)30-21)8-5-14(10-28)29-20)13(2)11-33(15)16-6-7-17(18(24)9-16)23(25,26)27/h5-9,13,15H,4,11-12H2,1-3H3/t13-,15+/m0/s1. The Morgan fingerprint density at radius 3 is 2.50 bits per heavy atom. The van der Waals surface area contributed by atoms with Gasteiger partial charge in [0.25, 0.3) is 0 Å². The Kier molecular flexibility index (Phi) is 5.93. The zero-order chi connectivity index (χ0) is 24.8. The van der Waals surface area contributed by atoms with Gasteiger partial charge in [-0.2, -0.15) is 23.4 Å². The van der Waals surface area contributed by atoms with Gasteiger partial charge in [0.1, 0.15) is 23.1 Å². The number of aryl methyl sites for hydroxylation is 1. The highest BCUT2D eigenvalue weighted by Gasteiger charge is 2.36. The molecule has 3 aromatic rings. The van der Waals surface area contributed by atoms with Crippen molar-refractivity contribution >= 4 is 22.5 Å². The first-order valence-corrected chi connectivity index (χ1v) is 10.7. The summed E-state index contributed by atoms with van der Waals surface area (Å²) in [6.07, 6.45) is -4.15. The Labute approximate surface area is 192 Å². The largest absolute Gasteiger partial charge is 0.419 e. The molecule has 4 rings (SSSR count). The third-order valence-corrected chi connectivity index (χ3v) is 6.22. The van der Waals surface area contributed by atoms with Crippen LogP contribution in [0.5, 0.6) is 0 Å². The van der Waals surface area contributed by atoms with Crippen molar-refractivity contribution in [2.24, 2.45) is 7.05 Å². The van der Waals surface area contributed by atoms with Crippen LogP contribution in [-0.2, 0) is 13.2 Å². The lowest BCUT2D eigenvalue weighted by Crippen LogP contribution is -2.58. The van der Waals surface area contributed by atoms with E-state index in [-0.39, 0.29) is 17.8 Å². The lowest BCUT2D eigenvalue weighted by molar-refractivity contribution is -0.139. The lowest BCUT2D eigenvalue weighted by atomic mass is 10.0. The quantitative estimate of drug-likeness (QED) is 0.537. The van der Waals surface area contributed by atoms with Gasteiger partial charge in [0.15, 0.2) is 5.82 Å². The fourth-order valence-electron chi connectivity index (χ4n) is 4.38. The van der Waals surface area contributed by atoms with Crippen molar-refractivity contribution in [1.29, 1.82) is 5.26 Å². The van der Waals surface area contributed by atoms with Crippen molar-refractivity contribution in [3.8, 4) is 6.07 Å². The van der Waals surface area contributed by atoms with Crippen molar-refractivity contribution in [3.05, 3.63) is 57.9 Å². The number of anilines is 2. The van der Waals surface area contributed by atoms with E-state index in [2.05, 4.69) is 9.97 Å². The van der Waals surface area contributed by atoms with Gasteiger partial charge in [-0.25, -0.2) is 14.2 Å². The van der Waals surface area contributed by atoms with Crippen molar-refractivity contribution in [2.75, 3.05) is 22.9 Å². The second kappa shape index (κ2) is 8.59. The molecule has 1 aromatic carbocycles. The van der Waals surface area contributed by atoms with Crippen LogP contribution in [0.1, 0.15) is 31.5 Å². The predicted octanol–water partition coefficient (Wildman–Crippen LogP) is 3.85. The summed E-state index contributed by atoms with van der Waals surface area (Å²) in [5.74, 6) is -0.971. The molecular formula is C23H22F4N6O. The molecule has 1 fully saturated rings. The molecule has 34 heavy (non-hydrogen) atoms. The van der Waals surface area contributed by atoms with Gasteiger partial charge in [-0.1, -0.05) is 6.92 Å². The lowest BCUT2D eigenvalue weighted by Gasteiger charge is -2.47. The third-order valence-electron chi connectivity index (χ3n) is 6.22. The van der Waals surface area contributed by atoms with Gasteiger partial charge in [-0.15, -0.1) is 0 Å². The molecule has 3 heterocycles. The molecule has 2 aromatic heterocycles. The normalized spacial score (nSPS) is 18.9. The Morgan fingerprint density at radius 1 is 1.15 bits per heavy atom. The molecule has 1 saturated heterocycles. The Bertz CT molecular complexity index is 1350. The summed E-state index contributed by atoms with van der Waals surface area (Å²) in [6, 6.07) is 7.71. The number of alkyl halides is 3. The van der Waals surface area contributed by atoms with Crippen LogP contribution in [0.2, 0.25) is 0 Å². The average Bonchev–Trinajstić information content (AvgIpc) is 2.80. The second-order valence-corrected chi connectivity index (χ2v) is 8.33. The molecule has 0 radical (unpaired) electrons. The smallest absolute Gasteiger partial charge is 0.365 e. The van der Waals surface area contributed by atoms with Crippen molar-refractivity contribution in [1.82, 2.24) is 14.5 Å². The van der Waals surface area contributed by atoms with Gasteiger partial charge in [0, 0.05) is 37.9 Å². The minimum absolute atomic E-state index is 0.188. The van der Waals surface area contributed by atoms with Crippen LogP contribution < -0.4 is 15.5 Å². The average molecular weight is 474 g/mol. The maximum absolute atomic E-state index is 14.3. The van der Waals surface area contributed by atoms with E-state index in [9.17, 15) is 27.6 Å². The molecule has 178 valence electrons. The summed E-state index contributed by atoms with van der Waals surface area (Å²) in [5.41, 5.74) is -0.283. The van der Waals surface area contributed by atoms with Crippen LogP contribution in [0.3, 0.4) is 0 Å². The highest BCUT2D eigenvalue weighted by molar-refractivity contribution is 5.86. The molecule has 0 unspecified atom stereocenters. The summed E-state index contributed by atoms with van der Waals surface area (Å²) < 4.78 is 54.6. The molecule has 0 N–H and O–H groups in total. The van der Waals surface area contributed by atoms with Gasteiger partial charge in [-0.3, -0.25) is 4.57 Å². The van der Waals surface area contributed by atoms with Crippen molar-refractivity contribution < 1.29 is 17.6 Å². The first-order chi connectivity index (χ1) is 16.0. The van der Waals surface area contributed by atoms with Gasteiger partial charge in [0.2, 0.25) is 0 Å². The topological polar surface area (TPSA) is 78.0 Å². The summed E-state index contributed by atoms with van der Waals surface area (Å²) in [7, 11) is 1.57. The summed E-state index contributed by atoms with van der Waals surface area (Å²) in [6.45, 7) is 4.56. The van der Waals surface area contributed by atoms with Gasteiger partial charge in [0.05, 0.1) is 11.1 Å². The maximum Gasteiger partial charge on any atom is 0.419 e. The molecule has 0 aliphatic carbocycles. The monoisotopic (exact) mass is 474 g/mol. The number of nitrogens with zero attached hydrogens (tertiary/aromatic N) is 6. The number of aromatic nitrogens is 3. The Hall–Kier alpha value is -3.68. The zero-order valence-corrected chi connectivity index (χ0v) is 18.8. The number of hydrogen-bond acceptors (Lipinski definition) is 6. The molecule has 2 atom stereocenters. The molecule has 0 amide bonds. The summed E-state index contributed by atoms with van der Waals surface area (Å²) in [4.78, 5) is 24.9. The highest BCUT2D eigenvalue weighted by Crippen LogP contribution is 2.35. The van der Waals surface area contributed by atoms with Gasteiger partial charge >= 0.3 is 11.9 Å². The second-order valence-electron chi connectivity index (χ2n) is 8.33. The minimum Gasteiger partial charge on any atom is -0.365 e. The molecule has 1 aliphatic heterocycles. The van der Waals surface area contributed by atoms with E-state index in [0.717, 1.165) is 12.1 Å². The van der Waals surface area contributed by atoms with Crippen LogP contribution in [0, 0.1) is 17.1 Å². The summed E-state index contributed by atoms with van der Waals surface area (Å²) in [5, 5.41) is 9.28. The SMILES string of the molecule is CC[C@@H]1CN(c2nc(=O)n(C)c3ccc(C#N)nc23)[C@@H](C)CN1c1ccc(C(F)(F)F)c(F)c1. The fraction of sp³-hybridized carbons (Fsp3) is 0.391. The highest BCUT2D eigenvalue weighted by atomic mass is 19.4. The number of nitriles is 1. The molecule has 0 bridgehead atoms. The van der Waals surface area contributed by atoms with E-state index in [0.29, 0.717) is 42.0 Å². The van der Waals surface area contributed by atoms with E-state index in [1.54, 1.807) is 13.1 Å². The van der Waals surface area contributed by atoms with E-state index in [1.165, 1.54) is 16.7 Å². The zero-order valence-electron chi connectivity index (χ0n) is 18.8. The predicted molar refractivity (Wildman–Crippen MR) is 119 cm³/mol. The van der Waals surface area contributed by atoms with E-state index >= 15 is 0 Å². The number of benzene rings is 1. The number of pyridine rings is 1. The minimum atomic E-state index is -4.76. The van der Waals surface area contributed by atoms with Crippen LogP contribution in [0.15, 0.2) is 35.1 Å². The van der Waals surface area contributed by atoms with Gasteiger partial charge < -0.3 is 9.80 Å². The number of rotatable bonds is 3. The van der Waals surface area contributed by atoms with Crippen molar-refractivity contribution in [2.45, 2.75) is 38.5 Å². The van der Waals surface area contributed by atoms with E-state index in [1.807, 2.05) is 29.7 Å². The number of piperazine rings is 1. The van der Waals surface area contributed by atoms with Gasteiger partial charge in [-0.05, 0) is 43.7 Å². The molecule has 0 saturated carbocycles. The van der Waals surface area contributed by atoms with Crippen LogP contribution >= 0.6 is 0 Å². The number of halogens is 4. The van der Waals surface area contributed by atoms with Crippen molar-refractivity contribution in [3.63, 3.8) is 0 Å². The first-order valence-electron chi connectivity index (χ1n) is 10.7. The van der Waals surface area contributed by atoms with Crippen LogP contribution in [0.4, 0.5) is 29.1 Å².